The van der Waals surface area contributed by atoms with Gasteiger partial charge in [-0.3, -0.25) is 0 Å². The zero-order chi connectivity index (χ0) is 15.6. The van der Waals surface area contributed by atoms with E-state index in [0.717, 1.165) is 31.9 Å². The normalized spacial score (nSPS) is 10.6. The number of methoxy groups -OCH3 is 1. The van der Waals surface area contributed by atoms with Gasteiger partial charge in [0.1, 0.15) is 12.4 Å². The highest BCUT2D eigenvalue weighted by Crippen LogP contribution is 2.19. The van der Waals surface area contributed by atoms with E-state index in [1.165, 1.54) is 16.7 Å². The maximum Gasteiger partial charge on any atom is 0.124 e. The van der Waals surface area contributed by atoms with Crippen molar-refractivity contribution in [1.82, 2.24) is 5.32 Å². The molecular weight excluding hydrogens is 274 g/mol. The maximum absolute atomic E-state index is 5.99. The molecular formula is C19H25NO2. The highest BCUT2D eigenvalue weighted by molar-refractivity contribution is 5.33. The van der Waals surface area contributed by atoms with Gasteiger partial charge in [-0.1, -0.05) is 48.0 Å². The van der Waals surface area contributed by atoms with Crippen LogP contribution in [0, 0.1) is 6.92 Å². The summed E-state index contributed by atoms with van der Waals surface area (Å²) in [6.07, 6.45) is 1.02. The lowest BCUT2D eigenvalue weighted by atomic mass is 10.1. The predicted octanol–water partition coefficient (Wildman–Crippen LogP) is 3.70. The molecule has 2 rings (SSSR count). The molecule has 0 saturated heterocycles. The van der Waals surface area contributed by atoms with Crippen molar-refractivity contribution < 1.29 is 9.47 Å². The molecule has 0 aliphatic heterocycles. The smallest absolute Gasteiger partial charge is 0.124 e. The topological polar surface area (TPSA) is 30.5 Å². The van der Waals surface area contributed by atoms with Crippen LogP contribution >= 0.6 is 0 Å². The van der Waals surface area contributed by atoms with Crippen LogP contribution < -0.4 is 10.1 Å². The number of para-hydroxylation sites is 1. The van der Waals surface area contributed by atoms with Crippen molar-refractivity contribution in [2.24, 2.45) is 0 Å². The Kier molecular flexibility index (Phi) is 6.94. The van der Waals surface area contributed by atoms with Crippen molar-refractivity contribution in [3.05, 3.63) is 65.2 Å². The first-order valence-corrected chi connectivity index (χ1v) is 7.75. The Morgan fingerprint density at radius 2 is 1.91 bits per heavy atom. The van der Waals surface area contributed by atoms with Gasteiger partial charge in [0.25, 0.3) is 0 Å². The predicted molar refractivity (Wildman–Crippen MR) is 90.2 cm³/mol. The molecule has 3 nitrogen and oxygen atoms in total. The average Bonchev–Trinajstić information content (AvgIpc) is 2.54. The summed E-state index contributed by atoms with van der Waals surface area (Å²) in [5.74, 6) is 0.947. The van der Waals surface area contributed by atoms with E-state index < -0.39 is 0 Å². The zero-order valence-corrected chi connectivity index (χ0v) is 13.5. The first-order chi connectivity index (χ1) is 10.8. The third-order valence-corrected chi connectivity index (χ3v) is 3.47. The lowest BCUT2D eigenvalue weighted by molar-refractivity contribution is 0.194. The molecule has 2 aromatic rings. The first-order valence-electron chi connectivity index (χ1n) is 7.75. The lowest BCUT2D eigenvalue weighted by Gasteiger charge is -2.12. The lowest BCUT2D eigenvalue weighted by Crippen LogP contribution is -2.16. The largest absolute Gasteiger partial charge is 0.489 e. The van der Waals surface area contributed by atoms with Gasteiger partial charge >= 0.3 is 0 Å². The first kappa shape index (κ1) is 16.5. The van der Waals surface area contributed by atoms with Crippen LogP contribution in [0.25, 0.3) is 0 Å². The number of benzene rings is 2. The fourth-order valence-electron chi connectivity index (χ4n) is 2.32. The summed E-state index contributed by atoms with van der Waals surface area (Å²) in [4.78, 5) is 0. The molecule has 22 heavy (non-hydrogen) atoms. The second-order valence-electron chi connectivity index (χ2n) is 5.41. The Hall–Kier alpha value is -1.84. The Morgan fingerprint density at radius 3 is 2.73 bits per heavy atom. The molecule has 0 radical (unpaired) electrons. The Morgan fingerprint density at radius 1 is 1.05 bits per heavy atom. The minimum absolute atomic E-state index is 0.600. The summed E-state index contributed by atoms with van der Waals surface area (Å²) in [5.41, 5.74) is 3.64. The molecule has 2 aromatic carbocycles. The van der Waals surface area contributed by atoms with Crippen LogP contribution in [0.5, 0.6) is 5.75 Å². The van der Waals surface area contributed by atoms with Gasteiger partial charge in [-0.25, -0.2) is 0 Å². The van der Waals surface area contributed by atoms with Crippen LogP contribution in [0.3, 0.4) is 0 Å². The fourth-order valence-corrected chi connectivity index (χ4v) is 2.32. The average molecular weight is 299 g/mol. The van der Waals surface area contributed by atoms with Crippen LogP contribution in [0.4, 0.5) is 0 Å². The summed E-state index contributed by atoms with van der Waals surface area (Å²) in [7, 11) is 1.73. The molecule has 0 bridgehead atoms. The molecule has 0 spiro atoms. The molecule has 3 heteroatoms. The standard InChI is InChI=1S/C19H25NO2/c1-16-7-5-8-17(13-16)15-22-19-10-4-3-9-18(19)14-20-11-6-12-21-2/h3-5,7-10,13,20H,6,11-12,14-15H2,1-2H3. The molecule has 0 saturated carbocycles. The van der Waals surface area contributed by atoms with Gasteiger partial charge < -0.3 is 14.8 Å². The third kappa shape index (κ3) is 5.51. The van der Waals surface area contributed by atoms with Gasteiger partial charge in [0, 0.05) is 25.8 Å². The van der Waals surface area contributed by atoms with Gasteiger partial charge in [0.15, 0.2) is 0 Å². The SMILES string of the molecule is COCCCNCc1ccccc1OCc1cccc(C)c1. The van der Waals surface area contributed by atoms with E-state index in [1.54, 1.807) is 7.11 Å². The summed E-state index contributed by atoms with van der Waals surface area (Å²) in [6.45, 7) is 5.25. The second kappa shape index (κ2) is 9.23. The van der Waals surface area contributed by atoms with E-state index in [0.29, 0.717) is 6.61 Å². The van der Waals surface area contributed by atoms with E-state index in [2.05, 4.69) is 42.6 Å². The van der Waals surface area contributed by atoms with Crippen LogP contribution in [-0.4, -0.2) is 20.3 Å². The molecule has 0 aromatic heterocycles. The highest BCUT2D eigenvalue weighted by Gasteiger charge is 2.03. The Balaban J connectivity index is 1.87. The molecule has 0 aliphatic carbocycles. The molecule has 0 fully saturated rings. The number of aryl methyl sites for hydroxylation is 1. The zero-order valence-electron chi connectivity index (χ0n) is 13.5. The van der Waals surface area contributed by atoms with Crippen molar-refractivity contribution in [3.8, 4) is 5.75 Å². The Labute approximate surface area is 133 Å². The molecule has 0 heterocycles. The number of nitrogens with one attached hydrogen (secondary N) is 1. The summed E-state index contributed by atoms with van der Waals surface area (Å²) < 4.78 is 11.0. The van der Waals surface area contributed by atoms with E-state index in [9.17, 15) is 0 Å². The van der Waals surface area contributed by atoms with Gasteiger partial charge in [0.05, 0.1) is 0 Å². The van der Waals surface area contributed by atoms with Gasteiger partial charge in [-0.05, 0) is 31.5 Å². The van der Waals surface area contributed by atoms with Crippen LogP contribution in [0.15, 0.2) is 48.5 Å². The van der Waals surface area contributed by atoms with Crippen LogP contribution in [0.1, 0.15) is 23.1 Å². The maximum atomic E-state index is 5.99. The van der Waals surface area contributed by atoms with Crippen LogP contribution in [0.2, 0.25) is 0 Å². The van der Waals surface area contributed by atoms with Gasteiger partial charge in [0.2, 0.25) is 0 Å². The quantitative estimate of drug-likeness (QED) is 0.716. The Bertz CT molecular complexity index is 569. The minimum Gasteiger partial charge on any atom is -0.489 e. The number of rotatable bonds is 9. The van der Waals surface area contributed by atoms with Crippen molar-refractivity contribution in [2.45, 2.75) is 26.5 Å². The van der Waals surface area contributed by atoms with Gasteiger partial charge in [-0.2, -0.15) is 0 Å². The second-order valence-corrected chi connectivity index (χ2v) is 5.41. The summed E-state index contributed by atoms with van der Waals surface area (Å²) in [6, 6.07) is 16.6. The minimum atomic E-state index is 0.600. The van der Waals surface area contributed by atoms with E-state index in [4.69, 9.17) is 9.47 Å². The van der Waals surface area contributed by atoms with Crippen molar-refractivity contribution >= 4 is 0 Å². The molecule has 0 amide bonds. The van der Waals surface area contributed by atoms with Crippen molar-refractivity contribution in [1.29, 1.82) is 0 Å². The summed E-state index contributed by atoms with van der Waals surface area (Å²) in [5, 5.41) is 3.42. The van der Waals surface area contributed by atoms with E-state index >= 15 is 0 Å². The van der Waals surface area contributed by atoms with E-state index in [-0.39, 0.29) is 0 Å². The van der Waals surface area contributed by atoms with Crippen molar-refractivity contribution in [3.63, 3.8) is 0 Å². The molecule has 0 atom stereocenters. The molecule has 0 unspecified atom stereocenters. The number of ether oxygens (including phenoxy) is 2. The molecule has 118 valence electrons. The molecule has 1 N–H and O–H groups in total. The summed E-state index contributed by atoms with van der Waals surface area (Å²) >= 11 is 0. The molecule has 0 aliphatic rings. The highest BCUT2D eigenvalue weighted by atomic mass is 16.5. The third-order valence-electron chi connectivity index (χ3n) is 3.47. The van der Waals surface area contributed by atoms with E-state index in [1.807, 2.05) is 18.2 Å². The number of hydrogen-bond donors (Lipinski definition) is 1. The fraction of sp³-hybridized carbons (Fsp3) is 0.368. The van der Waals surface area contributed by atoms with Crippen LogP contribution in [-0.2, 0) is 17.9 Å². The van der Waals surface area contributed by atoms with Crippen molar-refractivity contribution in [2.75, 3.05) is 20.3 Å². The monoisotopic (exact) mass is 299 g/mol. The number of hydrogen-bond acceptors (Lipinski definition) is 3. The van der Waals surface area contributed by atoms with Gasteiger partial charge in [-0.15, -0.1) is 0 Å².